The summed E-state index contributed by atoms with van der Waals surface area (Å²) in [5, 5.41) is 6.11. The number of hydrogen-bond acceptors (Lipinski definition) is 3. The Balaban J connectivity index is 1.58. The molecule has 2 aromatic rings. The summed E-state index contributed by atoms with van der Waals surface area (Å²) in [6.07, 6.45) is 1.30. The molecule has 1 aliphatic heterocycles. The van der Waals surface area contributed by atoms with Gasteiger partial charge in [0.05, 0.1) is 27.8 Å². The normalized spacial score (nSPS) is 13.5. The van der Waals surface area contributed by atoms with Crippen molar-refractivity contribution in [2.75, 3.05) is 23.3 Å². The molecule has 6 nitrogen and oxygen atoms in total. The molecular weight excluding hydrogens is 425 g/mol. The van der Waals surface area contributed by atoms with E-state index in [0.717, 1.165) is 6.42 Å². The molecule has 3 amide bonds. The lowest BCUT2D eigenvalue weighted by molar-refractivity contribution is -0.117. The zero-order valence-electron chi connectivity index (χ0n) is 14.6. The monoisotopic (exact) mass is 439 g/mol. The highest BCUT2D eigenvalue weighted by Gasteiger charge is 2.23. The lowest BCUT2D eigenvalue weighted by Gasteiger charge is -2.18. The predicted molar refractivity (Wildman–Crippen MR) is 110 cm³/mol. The highest BCUT2D eigenvalue weighted by Crippen LogP contribution is 2.31. The van der Waals surface area contributed by atoms with Crippen molar-refractivity contribution in [3.63, 3.8) is 0 Å². The van der Waals surface area contributed by atoms with E-state index in [-0.39, 0.29) is 23.0 Å². The fourth-order valence-corrected chi connectivity index (χ4v) is 3.62. The molecule has 0 radical (unpaired) electrons. The molecule has 1 heterocycles. The van der Waals surface area contributed by atoms with Crippen LogP contribution >= 0.6 is 34.8 Å². The number of nitrogens with zero attached hydrogens (tertiary/aromatic N) is 1. The quantitative estimate of drug-likeness (QED) is 0.733. The maximum absolute atomic E-state index is 12.1. The van der Waals surface area contributed by atoms with Crippen LogP contribution in [0, 0.1) is 0 Å². The number of amides is 3. The molecule has 0 bridgehead atoms. The molecule has 2 aromatic carbocycles. The van der Waals surface area contributed by atoms with Crippen molar-refractivity contribution in [3.8, 4) is 0 Å². The third-order valence-corrected chi connectivity index (χ3v) is 5.03. The largest absolute Gasteiger partial charge is 0.343 e. The number of hydrogen-bond donors (Lipinski definition) is 2. The van der Waals surface area contributed by atoms with Crippen LogP contribution in [-0.2, 0) is 9.59 Å². The van der Waals surface area contributed by atoms with E-state index in [0.29, 0.717) is 34.4 Å². The van der Waals surface area contributed by atoms with E-state index in [1.54, 1.807) is 23.1 Å². The summed E-state index contributed by atoms with van der Waals surface area (Å²) in [5.41, 5.74) is 1.30. The number of carbonyl (C=O) groups excluding carboxylic acids is 3. The minimum Gasteiger partial charge on any atom is -0.343 e. The Morgan fingerprint density at radius 2 is 1.82 bits per heavy atom. The Bertz CT molecular complexity index is 949. The van der Waals surface area contributed by atoms with E-state index < -0.39 is 11.8 Å². The third-order valence-electron chi connectivity index (χ3n) is 4.18. The Labute approximate surface area is 176 Å². The second kappa shape index (κ2) is 8.82. The van der Waals surface area contributed by atoms with Crippen molar-refractivity contribution in [1.82, 2.24) is 5.32 Å². The highest BCUT2D eigenvalue weighted by molar-refractivity contribution is 6.36. The average molecular weight is 441 g/mol. The molecule has 2 N–H and O–H groups in total. The van der Waals surface area contributed by atoms with Crippen molar-refractivity contribution in [3.05, 3.63) is 57.0 Å². The van der Waals surface area contributed by atoms with Gasteiger partial charge in [0.2, 0.25) is 11.8 Å². The second-order valence-electron chi connectivity index (χ2n) is 6.17. The summed E-state index contributed by atoms with van der Waals surface area (Å²) >= 11 is 18.0. The first-order valence-electron chi connectivity index (χ1n) is 8.48. The first kappa shape index (κ1) is 20.5. The lowest BCUT2D eigenvalue weighted by Crippen LogP contribution is -2.33. The molecule has 28 heavy (non-hydrogen) atoms. The summed E-state index contributed by atoms with van der Waals surface area (Å²) in [7, 11) is 0. The van der Waals surface area contributed by atoms with E-state index in [1.807, 2.05) is 0 Å². The number of halogens is 3. The Hall–Kier alpha value is -2.28. The van der Waals surface area contributed by atoms with Crippen molar-refractivity contribution < 1.29 is 14.4 Å². The van der Waals surface area contributed by atoms with Crippen LogP contribution in [0.1, 0.15) is 23.2 Å². The second-order valence-corrected chi connectivity index (χ2v) is 7.42. The van der Waals surface area contributed by atoms with Gasteiger partial charge in [-0.3, -0.25) is 14.4 Å². The number of benzene rings is 2. The average Bonchev–Trinajstić information content (AvgIpc) is 3.05. The minimum atomic E-state index is -0.488. The predicted octanol–water partition coefficient (Wildman–Crippen LogP) is 4.14. The molecule has 0 aromatic heterocycles. The number of nitrogens with one attached hydrogen (secondary N) is 2. The summed E-state index contributed by atoms with van der Waals surface area (Å²) in [6, 6.07) is 9.38. The van der Waals surface area contributed by atoms with Gasteiger partial charge in [-0.05, 0) is 42.8 Å². The van der Waals surface area contributed by atoms with Crippen molar-refractivity contribution in [2.24, 2.45) is 0 Å². The maximum Gasteiger partial charge on any atom is 0.253 e. The molecule has 9 heteroatoms. The van der Waals surface area contributed by atoms with Crippen LogP contribution in [0.4, 0.5) is 11.4 Å². The van der Waals surface area contributed by atoms with Gasteiger partial charge in [0.25, 0.3) is 5.91 Å². The molecule has 146 valence electrons. The van der Waals surface area contributed by atoms with E-state index in [1.165, 1.54) is 18.2 Å². The van der Waals surface area contributed by atoms with Crippen LogP contribution in [0.25, 0.3) is 0 Å². The van der Waals surface area contributed by atoms with Gasteiger partial charge in [-0.15, -0.1) is 0 Å². The van der Waals surface area contributed by atoms with Crippen LogP contribution < -0.4 is 15.5 Å². The molecule has 0 aliphatic carbocycles. The molecule has 1 fully saturated rings. The summed E-state index contributed by atoms with van der Waals surface area (Å²) in [6.45, 7) is 0.380. The first-order chi connectivity index (χ1) is 13.3. The van der Waals surface area contributed by atoms with Gasteiger partial charge in [-0.25, -0.2) is 0 Å². The smallest absolute Gasteiger partial charge is 0.253 e. The van der Waals surface area contributed by atoms with Gasteiger partial charge in [-0.1, -0.05) is 34.8 Å². The van der Waals surface area contributed by atoms with Crippen LogP contribution in [0.5, 0.6) is 0 Å². The van der Waals surface area contributed by atoms with Gasteiger partial charge in [0, 0.05) is 23.7 Å². The fraction of sp³-hybridized carbons (Fsp3) is 0.211. The molecule has 0 saturated carbocycles. The van der Waals surface area contributed by atoms with Crippen LogP contribution in [0.3, 0.4) is 0 Å². The van der Waals surface area contributed by atoms with Gasteiger partial charge in [0.1, 0.15) is 0 Å². The zero-order chi connectivity index (χ0) is 20.3. The SMILES string of the molecule is O=C(CNC(=O)c1ccc(Cl)cc1Cl)Nc1ccc(N2CCCC2=O)c(Cl)c1. The van der Waals surface area contributed by atoms with Crippen LogP contribution in [0.2, 0.25) is 15.1 Å². The van der Waals surface area contributed by atoms with Crippen molar-refractivity contribution in [1.29, 1.82) is 0 Å². The molecule has 1 saturated heterocycles. The molecule has 0 unspecified atom stereocenters. The Morgan fingerprint density at radius 3 is 2.46 bits per heavy atom. The van der Waals surface area contributed by atoms with E-state index in [2.05, 4.69) is 10.6 Å². The standard InChI is InChI=1S/C19H16Cl3N3O3/c20-11-3-5-13(14(21)8-11)19(28)23-10-17(26)24-12-4-6-16(15(22)9-12)25-7-1-2-18(25)27/h3-6,8-9H,1-2,7,10H2,(H,23,28)(H,24,26). The number of rotatable bonds is 5. The summed E-state index contributed by atoms with van der Waals surface area (Å²) < 4.78 is 0. The van der Waals surface area contributed by atoms with Crippen LogP contribution in [-0.4, -0.2) is 30.8 Å². The first-order valence-corrected chi connectivity index (χ1v) is 9.61. The minimum absolute atomic E-state index is 0.0299. The topological polar surface area (TPSA) is 78.5 Å². The van der Waals surface area contributed by atoms with Gasteiger partial charge in [0.15, 0.2) is 0 Å². The third kappa shape index (κ3) is 4.76. The molecule has 1 aliphatic rings. The lowest BCUT2D eigenvalue weighted by atomic mass is 10.2. The van der Waals surface area contributed by atoms with Crippen molar-refractivity contribution >= 4 is 63.9 Å². The van der Waals surface area contributed by atoms with Crippen LogP contribution in [0.15, 0.2) is 36.4 Å². The van der Waals surface area contributed by atoms with E-state index >= 15 is 0 Å². The van der Waals surface area contributed by atoms with E-state index in [4.69, 9.17) is 34.8 Å². The fourth-order valence-electron chi connectivity index (χ4n) is 2.84. The maximum atomic E-state index is 12.1. The Morgan fingerprint density at radius 1 is 1.04 bits per heavy atom. The number of anilines is 2. The molecule has 0 spiro atoms. The summed E-state index contributed by atoms with van der Waals surface area (Å²) in [5.74, 6) is -0.889. The Kier molecular flexibility index (Phi) is 6.44. The molecule has 0 atom stereocenters. The number of carbonyl (C=O) groups is 3. The van der Waals surface area contributed by atoms with Gasteiger partial charge < -0.3 is 15.5 Å². The zero-order valence-corrected chi connectivity index (χ0v) is 16.9. The van der Waals surface area contributed by atoms with Crippen molar-refractivity contribution in [2.45, 2.75) is 12.8 Å². The molecule has 3 rings (SSSR count). The summed E-state index contributed by atoms with van der Waals surface area (Å²) in [4.78, 5) is 37.7. The molecular formula is C19H16Cl3N3O3. The highest BCUT2D eigenvalue weighted by atomic mass is 35.5. The van der Waals surface area contributed by atoms with Gasteiger partial charge >= 0.3 is 0 Å². The van der Waals surface area contributed by atoms with E-state index in [9.17, 15) is 14.4 Å². The van der Waals surface area contributed by atoms with Gasteiger partial charge in [-0.2, -0.15) is 0 Å².